The Bertz CT molecular complexity index is 642. The molecule has 23 heavy (non-hydrogen) atoms. The maximum Gasteiger partial charge on any atom is 0.326 e. The third-order valence-electron chi connectivity index (χ3n) is 2.81. The Kier molecular flexibility index (Phi) is 6.07. The molecule has 2 amide bonds. The third kappa shape index (κ3) is 5.65. The highest BCUT2D eigenvalue weighted by Crippen LogP contribution is 2.22. The summed E-state index contributed by atoms with van der Waals surface area (Å²) in [5, 5.41) is 31.9. The van der Waals surface area contributed by atoms with E-state index in [0.29, 0.717) is 0 Å². The second-order valence-electron chi connectivity index (χ2n) is 4.71. The molecule has 0 saturated heterocycles. The number of phenols is 1. The van der Waals surface area contributed by atoms with E-state index in [1.165, 1.54) is 19.1 Å². The summed E-state index contributed by atoms with van der Waals surface area (Å²) >= 11 is 0. The average molecular weight is 324 g/mol. The highest BCUT2D eigenvalue weighted by atomic mass is 16.4. The largest absolute Gasteiger partial charge is 0.507 e. The fraction of sp³-hybridized carbons (Fsp3) is 0.286. The summed E-state index contributed by atoms with van der Waals surface area (Å²) in [6, 6.07) is 2.33. The molecule has 0 fully saturated rings. The summed E-state index contributed by atoms with van der Waals surface area (Å²) in [7, 11) is 0. The van der Waals surface area contributed by atoms with Crippen LogP contribution in [0.2, 0.25) is 0 Å². The minimum Gasteiger partial charge on any atom is -0.507 e. The molecule has 0 aromatic heterocycles. The van der Waals surface area contributed by atoms with Gasteiger partial charge in [0.2, 0.25) is 5.91 Å². The second-order valence-corrected chi connectivity index (χ2v) is 4.71. The van der Waals surface area contributed by atoms with E-state index in [1.807, 2.05) is 0 Å². The number of anilines is 1. The first-order chi connectivity index (χ1) is 10.7. The molecule has 0 radical (unpaired) electrons. The van der Waals surface area contributed by atoms with E-state index in [2.05, 4.69) is 10.6 Å². The van der Waals surface area contributed by atoms with Gasteiger partial charge in [-0.3, -0.25) is 14.4 Å². The lowest BCUT2D eigenvalue weighted by Gasteiger charge is -2.14. The quantitative estimate of drug-likeness (QED) is 0.486. The fourth-order valence-corrected chi connectivity index (χ4v) is 1.77. The molecule has 9 nitrogen and oxygen atoms in total. The van der Waals surface area contributed by atoms with Crippen LogP contribution in [0, 0.1) is 0 Å². The summed E-state index contributed by atoms with van der Waals surface area (Å²) in [6.07, 6.45) is -0.716. The molecule has 0 unspecified atom stereocenters. The number of hydrogen-bond acceptors (Lipinski definition) is 5. The Hall–Kier alpha value is -3.10. The zero-order valence-corrected chi connectivity index (χ0v) is 12.2. The predicted molar refractivity (Wildman–Crippen MR) is 78.2 cm³/mol. The molecule has 1 rings (SSSR count). The van der Waals surface area contributed by atoms with Crippen molar-refractivity contribution < 1.29 is 34.5 Å². The number of rotatable bonds is 7. The Morgan fingerprint density at radius 1 is 1.17 bits per heavy atom. The molecule has 0 aliphatic rings. The summed E-state index contributed by atoms with van der Waals surface area (Å²) in [6.45, 7) is 1.28. The van der Waals surface area contributed by atoms with Crippen molar-refractivity contribution in [3.05, 3.63) is 23.8 Å². The van der Waals surface area contributed by atoms with Crippen molar-refractivity contribution in [1.29, 1.82) is 0 Å². The minimum absolute atomic E-state index is 0.194. The van der Waals surface area contributed by atoms with Gasteiger partial charge < -0.3 is 26.0 Å². The van der Waals surface area contributed by atoms with E-state index >= 15 is 0 Å². The third-order valence-corrected chi connectivity index (χ3v) is 2.81. The SMILES string of the molecule is CC(=O)Nc1ccc(C(=O)N[C@@H](CCC(=O)O)C(=O)O)c(O)c1. The highest BCUT2D eigenvalue weighted by molar-refractivity contribution is 6.00. The van der Waals surface area contributed by atoms with Crippen LogP contribution in [-0.2, 0) is 14.4 Å². The lowest BCUT2D eigenvalue weighted by Crippen LogP contribution is -2.41. The Morgan fingerprint density at radius 2 is 1.83 bits per heavy atom. The van der Waals surface area contributed by atoms with E-state index in [4.69, 9.17) is 10.2 Å². The molecule has 0 aliphatic heterocycles. The number of carbonyl (C=O) groups is 4. The smallest absolute Gasteiger partial charge is 0.326 e. The Balaban J connectivity index is 2.84. The number of carboxylic acids is 2. The van der Waals surface area contributed by atoms with E-state index in [0.717, 1.165) is 6.07 Å². The number of carboxylic acid groups (broad SMARTS) is 2. The minimum atomic E-state index is -1.40. The number of aliphatic carboxylic acids is 2. The lowest BCUT2D eigenvalue weighted by atomic mass is 10.1. The van der Waals surface area contributed by atoms with Crippen molar-refractivity contribution in [2.75, 3.05) is 5.32 Å². The van der Waals surface area contributed by atoms with Crippen molar-refractivity contribution in [1.82, 2.24) is 5.32 Å². The lowest BCUT2D eigenvalue weighted by molar-refractivity contribution is -0.140. The summed E-state index contributed by atoms with van der Waals surface area (Å²) in [5.41, 5.74) is 0.0767. The molecule has 0 bridgehead atoms. The first-order valence-electron chi connectivity index (χ1n) is 6.56. The topological polar surface area (TPSA) is 153 Å². The van der Waals surface area contributed by atoms with Gasteiger partial charge in [0.1, 0.15) is 11.8 Å². The number of nitrogens with one attached hydrogen (secondary N) is 2. The van der Waals surface area contributed by atoms with Crippen LogP contribution in [0.3, 0.4) is 0 Å². The van der Waals surface area contributed by atoms with Crippen LogP contribution in [-0.4, -0.2) is 45.1 Å². The summed E-state index contributed by atoms with van der Waals surface area (Å²) in [5.74, 6) is -4.24. The molecule has 0 spiro atoms. The summed E-state index contributed by atoms with van der Waals surface area (Å²) < 4.78 is 0. The van der Waals surface area contributed by atoms with Gasteiger partial charge in [0.05, 0.1) is 5.56 Å². The van der Waals surface area contributed by atoms with Gasteiger partial charge in [-0.25, -0.2) is 4.79 Å². The van der Waals surface area contributed by atoms with Crippen LogP contribution < -0.4 is 10.6 Å². The zero-order chi connectivity index (χ0) is 17.6. The van der Waals surface area contributed by atoms with Crippen LogP contribution in [0.25, 0.3) is 0 Å². The molecule has 0 heterocycles. The molecule has 1 atom stereocenters. The van der Waals surface area contributed by atoms with E-state index in [1.54, 1.807) is 0 Å². The van der Waals surface area contributed by atoms with Crippen LogP contribution in [0.4, 0.5) is 5.69 Å². The maximum atomic E-state index is 12.0. The molecule has 0 aliphatic carbocycles. The van der Waals surface area contributed by atoms with Crippen molar-refractivity contribution in [3.8, 4) is 5.75 Å². The maximum absolute atomic E-state index is 12.0. The van der Waals surface area contributed by atoms with Crippen molar-refractivity contribution >= 4 is 29.4 Å². The van der Waals surface area contributed by atoms with Gasteiger partial charge in [-0.2, -0.15) is 0 Å². The molecular weight excluding hydrogens is 308 g/mol. The summed E-state index contributed by atoms with van der Waals surface area (Å²) in [4.78, 5) is 44.4. The van der Waals surface area contributed by atoms with Gasteiger partial charge in [-0.15, -0.1) is 0 Å². The molecule has 1 aromatic carbocycles. The van der Waals surface area contributed by atoms with Gasteiger partial charge in [-0.05, 0) is 18.6 Å². The van der Waals surface area contributed by atoms with Crippen molar-refractivity contribution in [2.45, 2.75) is 25.8 Å². The standard InChI is InChI=1S/C14H16N2O7/c1-7(17)15-8-2-3-9(11(18)6-8)13(21)16-10(14(22)23)4-5-12(19)20/h2-3,6,10,18H,4-5H2,1H3,(H,15,17)(H,16,21)(H,19,20)(H,22,23)/t10-/m0/s1. The van der Waals surface area contributed by atoms with Crippen molar-refractivity contribution in [2.24, 2.45) is 0 Å². The first kappa shape index (κ1) is 18.0. The van der Waals surface area contributed by atoms with Gasteiger partial charge in [0, 0.05) is 25.1 Å². The zero-order valence-electron chi connectivity index (χ0n) is 12.2. The molecule has 0 saturated carbocycles. The van der Waals surface area contributed by atoms with E-state index in [-0.39, 0.29) is 23.6 Å². The first-order valence-corrected chi connectivity index (χ1v) is 6.56. The normalized spacial score (nSPS) is 11.3. The van der Waals surface area contributed by atoms with Crippen LogP contribution >= 0.6 is 0 Å². The number of amides is 2. The van der Waals surface area contributed by atoms with Crippen LogP contribution in [0.1, 0.15) is 30.1 Å². The Morgan fingerprint density at radius 3 is 2.30 bits per heavy atom. The monoisotopic (exact) mass is 324 g/mol. The van der Waals surface area contributed by atoms with Crippen LogP contribution in [0.15, 0.2) is 18.2 Å². The highest BCUT2D eigenvalue weighted by Gasteiger charge is 2.23. The van der Waals surface area contributed by atoms with E-state index in [9.17, 15) is 24.3 Å². The molecular formula is C14H16N2O7. The van der Waals surface area contributed by atoms with Crippen LogP contribution in [0.5, 0.6) is 5.75 Å². The predicted octanol–water partition coefficient (Wildman–Crippen LogP) is 0.398. The number of hydrogen-bond donors (Lipinski definition) is 5. The second kappa shape index (κ2) is 7.78. The molecule has 5 N–H and O–H groups in total. The number of aromatic hydroxyl groups is 1. The van der Waals surface area contributed by atoms with Gasteiger partial charge in [0.25, 0.3) is 5.91 Å². The van der Waals surface area contributed by atoms with Gasteiger partial charge >= 0.3 is 11.9 Å². The Labute approximate surface area is 130 Å². The van der Waals surface area contributed by atoms with Crippen molar-refractivity contribution in [3.63, 3.8) is 0 Å². The average Bonchev–Trinajstić information content (AvgIpc) is 2.41. The molecule has 9 heteroatoms. The van der Waals surface area contributed by atoms with Gasteiger partial charge in [0.15, 0.2) is 0 Å². The number of phenolic OH excluding ortho intramolecular Hbond substituents is 1. The van der Waals surface area contributed by atoms with Gasteiger partial charge in [-0.1, -0.05) is 0 Å². The molecule has 1 aromatic rings. The number of carbonyl (C=O) groups excluding carboxylic acids is 2. The molecule has 124 valence electrons. The fourth-order valence-electron chi connectivity index (χ4n) is 1.77. The number of benzene rings is 1. The van der Waals surface area contributed by atoms with E-state index < -0.39 is 36.1 Å².